The van der Waals surface area contributed by atoms with Crippen LogP contribution in [0.3, 0.4) is 0 Å². The van der Waals surface area contributed by atoms with Crippen molar-refractivity contribution >= 4 is 11.8 Å². The molecule has 0 bridgehead atoms. The molecule has 0 aliphatic carbocycles. The average Bonchev–Trinajstić information content (AvgIpc) is 2.99. The summed E-state index contributed by atoms with van der Waals surface area (Å²) in [5.41, 5.74) is 2.03. The molecule has 2 aromatic rings. The maximum Gasteiger partial charge on any atom is 0.226 e. The molecule has 2 heterocycles. The van der Waals surface area contributed by atoms with Crippen LogP contribution in [0.5, 0.6) is 0 Å². The summed E-state index contributed by atoms with van der Waals surface area (Å²) in [6.45, 7) is 6.02. The lowest BCUT2D eigenvalue weighted by Gasteiger charge is -2.39. The number of aliphatic hydroxyl groups is 1. The van der Waals surface area contributed by atoms with Gasteiger partial charge in [0.2, 0.25) is 5.89 Å². The normalized spacial score (nSPS) is 19.4. The van der Waals surface area contributed by atoms with Gasteiger partial charge in [-0.05, 0) is 50.9 Å². The molecule has 136 valence electrons. The Labute approximate surface area is 154 Å². The highest BCUT2D eigenvalue weighted by atomic mass is 32.2. The van der Waals surface area contributed by atoms with Crippen LogP contribution < -0.4 is 0 Å². The van der Waals surface area contributed by atoms with E-state index in [1.165, 1.54) is 4.90 Å². The first kappa shape index (κ1) is 18.5. The monoisotopic (exact) mass is 361 g/mol. The number of aryl methyl sites for hydroxylation is 1. The minimum Gasteiger partial charge on any atom is -0.441 e. The van der Waals surface area contributed by atoms with Gasteiger partial charge in [-0.2, -0.15) is 0 Å². The van der Waals surface area contributed by atoms with Crippen LogP contribution in [0.15, 0.2) is 33.6 Å². The molecule has 0 radical (unpaired) electrons. The number of aromatic nitrogens is 1. The molecule has 0 amide bonds. The van der Waals surface area contributed by atoms with Gasteiger partial charge in [0.05, 0.1) is 5.69 Å². The van der Waals surface area contributed by atoms with Gasteiger partial charge in [-0.25, -0.2) is 4.98 Å². The molecular formula is C19H27N3O2S. The molecule has 6 heteroatoms. The third-order valence-electron chi connectivity index (χ3n) is 4.93. The second-order valence-corrected chi connectivity index (χ2v) is 7.51. The zero-order chi connectivity index (χ0) is 17.8. The number of hydrogen-bond donors (Lipinski definition) is 1. The van der Waals surface area contributed by atoms with Crippen molar-refractivity contribution in [3.8, 4) is 11.5 Å². The van der Waals surface area contributed by atoms with Gasteiger partial charge in [0, 0.05) is 49.3 Å². The number of benzene rings is 1. The predicted molar refractivity (Wildman–Crippen MR) is 102 cm³/mol. The van der Waals surface area contributed by atoms with Crippen LogP contribution in [0.25, 0.3) is 11.5 Å². The van der Waals surface area contributed by atoms with E-state index in [-0.39, 0.29) is 6.61 Å². The number of likely N-dealkylation sites (N-methyl/N-ethyl adjacent to an activating group) is 1. The highest BCUT2D eigenvalue weighted by molar-refractivity contribution is 7.98. The number of oxazole rings is 1. The Hall–Kier alpha value is -1.34. The summed E-state index contributed by atoms with van der Waals surface area (Å²) in [7, 11) is 2.13. The molecule has 1 aromatic heterocycles. The van der Waals surface area contributed by atoms with Gasteiger partial charge in [0.1, 0.15) is 5.76 Å². The molecule has 1 unspecified atom stereocenters. The lowest BCUT2D eigenvalue weighted by Crippen LogP contribution is -2.51. The Morgan fingerprint density at radius 2 is 2.04 bits per heavy atom. The Balaban J connectivity index is 1.70. The van der Waals surface area contributed by atoms with Crippen molar-refractivity contribution < 1.29 is 9.52 Å². The standard InChI is InChI=1S/C19H27N3O2S/c1-14-18(13-22-10-9-21(2)16(12-22)8-11-23)20-19(24-14)15-4-6-17(25-3)7-5-15/h4-7,16,23H,8-13H2,1-3H3. The molecule has 0 spiro atoms. The highest BCUT2D eigenvalue weighted by Gasteiger charge is 2.25. The van der Waals surface area contributed by atoms with Crippen molar-refractivity contribution in [3.05, 3.63) is 35.7 Å². The van der Waals surface area contributed by atoms with Crippen molar-refractivity contribution in [1.82, 2.24) is 14.8 Å². The van der Waals surface area contributed by atoms with E-state index in [0.717, 1.165) is 49.6 Å². The Morgan fingerprint density at radius 1 is 1.28 bits per heavy atom. The first-order chi connectivity index (χ1) is 12.1. The Morgan fingerprint density at radius 3 is 2.72 bits per heavy atom. The van der Waals surface area contributed by atoms with Gasteiger partial charge in [0.15, 0.2) is 0 Å². The van der Waals surface area contributed by atoms with Gasteiger partial charge in [-0.3, -0.25) is 4.90 Å². The molecule has 1 aliphatic heterocycles. The molecule has 1 atom stereocenters. The van der Waals surface area contributed by atoms with Crippen molar-refractivity contribution in [1.29, 1.82) is 0 Å². The summed E-state index contributed by atoms with van der Waals surface area (Å²) in [5.74, 6) is 1.59. The fourth-order valence-electron chi connectivity index (χ4n) is 3.26. The first-order valence-corrected chi connectivity index (χ1v) is 9.97. The van der Waals surface area contributed by atoms with Crippen molar-refractivity contribution in [2.24, 2.45) is 0 Å². The molecule has 0 saturated carbocycles. The van der Waals surface area contributed by atoms with E-state index >= 15 is 0 Å². The van der Waals surface area contributed by atoms with Crippen molar-refractivity contribution in [3.63, 3.8) is 0 Å². The third-order valence-corrected chi connectivity index (χ3v) is 5.67. The minimum atomic E-state index is 0.238. The minimum absolute atomic E-state index is 0.238. The molecule has 1 aromatic carbocycles. The van der Waals surface area contributed by atoms with E-state index in [0.29, 0.717) is 11.9 Å². The fourth-order valence-corrected chi connectivity index (χ4v) is 3.67. The summed E-state index contributed by atoms with van der Waals surface area (Å²) in [6.07, 6.45) is 2.89. The number of piperazine rings is 1. The van der Waals surface area contributed by atoms with Crippen LogP contribution in [0.4, 0.5) is 0 Å². The van der Waals surface area contributed by atoms with Crippen LogP contribution in [-0.2, 0) is 6.54 Å². The molecule has 1 saturated heterocycles. The SMILES string of the molecule is CSc1ccc(-c2nc(CN3CCN(C)C(CCO)C3)c(C)o2)cc1. The Kier molecular flexibility index (Phi) is 6.17. The van der Waals surface area contributed by atoms with E-state index in [9.17, 15) is 5.11 Å². The highest BCUT2D eigenvalue weighted by Crippen LogP contribution is 2.25. The number of thioether (sulfide) groups is 1. The first-order valence-electron chi connectivity index (χ1n) is 8.75. The average molecular weight is 362 g/mol. The number of rotatable bonds is 6. The van der Waals surface area contributed by atoms with E-state index in [1.54, 1.807) is 11.8 Å². The van der Waals surface area contributed by atoms with Crippen LogP contribution in [-0.4, -0.2) is 65.5 Å². The molecule has 5 nitrogen and oxygen atoms in total. The van der Waals surface area contributed by atoms with Crippen LogP contribution >= 0.6 is 11.8 Å². The lowest BCUT2D eigenvalue weighted by atomic mass is 10.1. The second kappa shape index (κ2) is 8.36. The Bertz CT molecular complexity index is 686. The summed E-state index contributed by atoms with van der Waals surface area (Å²) in [5, 5.41) is 9.25. The fraction of sp³-hybridized carbons (Fsp3) is 0.526. The number of aliphatic hydroxyl groups excluding tert-OH is 1. The maximum atomic E-state index is 9.25. The van der Waals surface area contributed by atoms with Crippen molar-refractivity contribution in [2.45, 2.75) is 30.8 Å². The molecule has 25 heavy (non-hydrogen) atoms. The van der Waals surface area contributed by atoms with Crippen molar-refractivity contribution in [2.75, 3.05) is 39.5 Å². The van der Waals surface area contributed by atoms with Crippen LogP contribution in [0.2, 0.25) is 0 Å². The maximum absolute atomic E-state index is 9.25. The van der Waals surface area contributed by atoms with Gasteiger partial charge in [-0.15, -0.1) is 11.8 Å². The zero-order valence-corrected chi connectivity index (χ0v) is 16.1. The number of hydrogen-bond acceptors (Lipinski definition) is 6. The van der Waals surface area contributed by atoms with Crippen LogP contribution in [0, 0.1) is 6.92 Å². The summed E-state index contributed by atoms with van der Waals surface area (Å²) in [6, 6.07) is 8.73. The van der Waals surface area contributed by atoms with E-state index < -0.39 is 0 Å². The lowest BCUT2D eigenvalue weighted by molar-refractivity contribution is 0.0734. The number of nitrogens with zero attached hydrogens (tertiary/aromatic N) is 3. The molecule has 3 rings (SSSR count). The van der Waals surface area contributed by atoms with E-state index in [1.807, 2.05) is 6.92 Å². The predicted octanol–water partition coefficient (Wildman–Crippen LogP) is 2.87. The van der Waals surface area contributed by atoms with E-state index in [4.69, 9.17) is 9.40 Å². The van der Waals surface area contributed by atoms with Crippen LogP contribution in [0.1, 0.15) is 17.9 Å². The largest absolute Gasteiger partial charge is 0.441 e. The summed E-state index contributed by atoms with van der Waals surface area (Å²) in [4.78, 5) is 10.7. The second-order valence-electron chi connectivity index (χ2n) is 6.63. The van der Waals surface area contributed by atoms with Gasteiger partial charge in [-0.1, -0.05) is 0 Å². The molecule has 1 N–H and O–H groups in total. The molecule has 1 fully saturated rings. The molecular weight excluding hydrogens is 334 g/mol. The van der Waals surface area contributed by atoms with Gasteiger partial charge >= 0.3 is 0 Å². The molecule has 1 aliphatic rings. The quantitative estimate of drug-likeness (QED) is 0.799. The third kappa shape index (κ3) is 4.44. The van der Waals surface area contributed by atoms with Gasteiger partial charge < -0.3 is 14.4 Å². The summed E-state index contributed by atoms with van der Waals surface area (Å²) < 4.78 is 5.92. The summed E-state index contributed by atoms with van der Waals surface area (Å²) >= 11 is 1.73. The zero-order valence-electron chi connectivity index (χ0n) is 15.2. The van der Waals surface area contributed by atoms with Gasteiger partial charge in [0.25, 0.3) is 0 Å². The smallest absolute Gasteiger partial charge is 0.226 e. The van der Waals surface area contributed by atoms with E-state index in [2.05, 4.69) is 47.4 Å². The topological polar surface area (TPSA) is 52.7 Å².